The van der Waals surface area contributed by atoms with E-state index in [1.807, 2.05) is 6.92 Å². The average Bonchev–Trinajstić information content (AvgIpc) is 1.69. The minimum absolute atomic E-state index is 0.199. The lowest BCUT2D eigenvalue weighted by Gasteiger charge is -1.92. The Kier molecular flexibility index (Phi) is 6.51. The summed E-state index contributed by atoms with van der Waals surface area (Å²) in [6, 6.07) is 0. The number of hydrogen-bond acceptors (Lipinski definition) is 3. The summed E-state index contributed by atoms with van der Waals surface area (Å²) in [6.07, 6.45) is 0. The third kappa shape index (κ3) is 6.27. The van der Waals surface area contributed by atoms with E-state index in [1.54, 1.807) is 0 Å². The smallest absolute Gasteiger partial charge is 0.0585 e. The van der Waals surface area contributed by atoms with Gasteiger partial charge in [0.15, 0.2) is 0 Å². The van der Waals surface area contributed by atoms with Gasteiger partial charge in [-0.25, -0.2) is 0 Å². The zero-order valence-electron chi connectivity index (χ0n) is 4.39. The lowest BCUT2D eigenvalue weighted by atomic mass is 10.9. The van der Waals surface area contributed by atoms with Gasteiger partial charge in [-0.15, -0.1) is 0 Å². The molecule has 1 N–H and O–H groups in total. The predicted molar refractivity (Wildman–Crippen MR) is 31.2 cm³/mol. The van der Waals surface area contributed by atoms with Crippen LogP contribution in [0.4, 0.5) is 0 Å². The third-order valence-electron chi connectivity index (χ3n) is 0.376. The molecule has 0 aliphatic carbocycles. The van der Waals surface area contributed by atoms with Crippen molar-refractivity contribution in [2.45, 2.75) is 6.92 Å². The minimum Gasteiger partial charge on any atom is -0.395 e. The van der Waals surface area contributed by atoms with Crippen LogP contribution in [0.2, 0.25) is 0 Å². The molecule has 7 heavy (non-hydrogen) atoms. The molecule has 2 nitrogen and oxygen atoms in total. The molecule has 0 aliphatic heterocycles. The standard InChI is InChI=1S/C4H10O2S/c1-2-6-7-4-3-5/h5H,2-4H2,1H3. The quantitative estimate of drug-likeness (QED) is 0.439. The topological polar surface area (TPSA) is 29.5 Å². The van der Waals surface area contributed by atoms with Gasteiger partial charge in [0.2, 0.25) is 0 Å². The van der Waals surface area contributed by atoms with Gasteiger partial charge >= 0.3 is 0 Å². The summed E-state index contributed by atoms with van der Waals surface area (Å²) in [4.78, 5) is 0. The molecule has 0 unspecified atom stereocenters. The van der Waals surface area contributed by atoms with Gasteiger partial charge in [0, 0.05) is 5.75 Å². The van der Waals surface area contributed by atoms with Crippen molar-refractivity contribution in [1.29, 1.82) is 0 Å². The second-order valence-electron chi connectivity index (χ2n) is 0.952. The van der Waals surface area contributed by atoms with Gasteiger partial charge < -0.3 is 9.29 Å². The van der Waals surface area contributed by atoms with E-state index in [1.165, 1.54) is 12.0 Å². The van der Waals surface area contributed by atoms with Gasteiger partial charge in [0.25, 0.3) is 0 Å². The van der Waals surface area contributed by atoms with E-state index < -0.39 is 0 Å². The second-order valence-corrected chi connectivity index (χ2v) is 1.83. The summed E-state index contributed by atoms with van der Waals surface area (Å²) < 4.78 is 4.83. The number of aliphatic hydroxyl groups excluding tert-OH is 1. The number of aliphatic hydroxyl groups is 1. The Morgan fingerprint density at radius 3 is 2.86 bits per heavy atom. The Balaban J connectivity index is 2.45. The Hall–Kier alpha value is 0.270. The fraction of sp³-hybridized carbons (Fsp3) is 1.00. The fourth-order valence-corrected chi connectivity index (χ4v) is 0.539. The summed E-state index contributed by atoms with van der Waals surface area (Å²) in [5.41, 5.74) is 0. The van der Waals surface area contributed by atoms with Gasteiger partial charge in [0.1, 0.15) is 0 Å². The van der Waals surface area contributed by atoms with Crippen molar-refractivity contribution in [1.82, 2.24) is 0 Å². The van der Waals surface area contributed by atoms with Crippen LogP contribution in [0, 0.1) is 0 Å². The first-order valence-corrected chi connectivity index (χ1v) is 3.18. The molecule has 0 spiro atoms. The summed E-state index contributed by atoms with van der Waals surface area (Å²) in [5.74, 6) is 0.674. The molecule has 0 saturated heterocycles. The van der Waals surface area contributed by atoms with E-state index in [0.29, 0.717) is 12.4 Å². The van der Waals surface area contributed by atoms with Crippen molar-refractivity contribution in [3.05, 3.63) is 0 Å². The lowest BCUT2D eigenvalue weighted by Crippen LogP contribution is -1.87. The molecule has 44 valence electrons. The lowest BCUT2D eigenvalue weighted by molar-refractivity contribution is 0.317. The Morgan fingerprint density at radius 2 is 2.43 bits per heavy atom. The maximum Gasteiger partial charge on any atom is 0.0585 e. The highest BCUT2D eigenvalue weighted by molar-refractivity contribution is 7.94. The Bertz CT molecular complexity index is 28.9. The van der Waals surface area contributed by atoms with Crippen LogP contribution in [0.5, 0.6) is 0 Å². The fourth-order valence-electron chi connectivity index (χ4n) is 0.180. The highest BCUT2D eigenvalue weighted by Crippen LogP contribution is 1.98. The van der Waals surface area contributed by atoms with Gasteiger partial charge in [-0.2, -0.15) is 0 Å². The molecule has 0 saturated carbocycles. The first-order valence-electron chi connectivity index (χ1n) is 2.27. The molecule has 0 rings (SSSR count). The van der Waals surface area contributed by atoms with E-state index >= 15 is 0 Å². The molecule has 0 radical (unpaired) electrons. The van der Waals surface area contributed by atoms with Crippen LogP contribution in [-0.2, 0) is 4.18 Å². The largest absolute Gasteiger partial charge is 0.395 e. The monoisotopic (exact) mass is 122 g/mol. The molecule has 0 aliphatic rings. The summed E-state index contributed by atoms with van der Waals surface area (Å²) in [7, 11) is 0. The van der Waals surface area contributed by atoms with E-state index in [0.717, 1.165) is 0 Å². The van der Waals surface area contributed by atoms with Gasteiger partial charge in [0.05, 0.1) is 13.2 Å². The number of rotatable bonds is 4. The summed E-state index contributed by atoms with van der Waals surface area (Å²) >= 11 is 1.30. The highest BCUT2D eigenvalue weighted by Gasteiger charge is 1.80. The molecule has 3 heteroatoms. The molecule has 0 aromatic rings. The van der Waals surface area contributed by atoms with Gasteiger partial charge in [-0.05, 0) is 19.0 Å². The van der Waals surface area contributed by atoms with Crippen molar-refractivity contribution in [3.8, 4) is 0 Å². The van der Waals surface area contributed by atoms with Crippen molar-refractivity contribution < 1.29 is 9.29 Å². The maximum absolute atomic E-state index is 8.19. The first kappa shape index (κ1) is 7.27. The van der Waals surface area contributed by atoms with E-state index in [4.69, 9.17) is 9.29 Å². The van der Waals surface area contributed by atoms with Crippen molar-refractivity contribution in [3.63, 3.8) is 0 Å². The molecule has 0 bridgehead atoms. The zero-order chi connectivity index (χ0) is 5.54. The van der Waals surface area contributed by atoms with Crippen LogP contribution >= 0.6 is 12.0 Å². The van der Waals surface area contributed by atoms with Crippen molar-refractivity contribution in [2.75, 3.05) is 19.0 Å². The van der Waals surface area contributed by atoms with Gasteiger partial charge in [-0.1, -0.05) is 0 Å². The molecule has 0 amide bonds. The Morgan fingerprint density at radius 1 is 1.71 bits per heavy atom. The summed E-state index contributed by atoms with van der Waals surface area (Å²) in [6.45, 7) is 2.83. The maximum atomic E-state index is 8.19. The molecule has 0 atom stereocenters. The second kappa shape index (κ2) is 6.27. The van der Waals surface area contributed by atoms with Crippen molar-refractivity contribution in [2.24, 2.45) is 0 Å². The van der Waals surface area contributed by atoms with Crippen LogP contribution in [-0.4, -0.2) is 24.1 Å². The molecular formula is C4H10O2S. The van der Waals surface area contributed by atoms with Crippen LogP contribution in [0.25, 0.3) is 0 Å². The highest BCUT2D eigenvalue weighted by atomic mass is 32.2. The minimum atomic E-state index is 0.199. The molecule has 0 aromatic heterocycles. The predicted octanol–water partition coefficient (Wildman–Crippen LogP) is 0.663. The van der Waals surface area contributed by atoms with E-state index in [2.05, 4.69) is 0 Å². The number of hydrogen-bond donors (Lipinski definition) is 1. The molecular weight excluding hydrogens is 112 g/mol. The van der Waals surface area contributed by atoms with E-state index in [-0.39, 0.29) is 6.61 Å². The van der Waals surface area contributed by atoms with Crippen molar-refractivity contribution >= 4 is 12.0 Å². The zero-order valence-corrected chi connectivity index (χ0v) is 5.20. The van der Waals surface area contributed by atoms with Crippen LogP contribution in [0.15, 0.2) is 0 Å². The van der Waals surface area contributed by atoms with Gasteiger partial charge in [-0.3, -0.25) is 0 Å². The third-order valence-corrected chi connectivity index (χ3v) is 1.13. The first-order chi connectivity index (χ1) is 3.41. The van der Waals surface area contributed by atoms with E-state index in [9.17, 15) is 0 Å². The normalized spacial score (nSPS) is 9.43. The van der Waals surface area contributed by atoms with Crippen LogP contribution in [0.3, 0.4) is 0 Å². The SMILES string of the molecule is CCOSCCO. The Labute approximate surface area is 48.1 Å². The summed E-state index contributed by atoms with van der Waals surface area (Å²) in [5, 5.41) is 8.19. The molecule has 0 aromatic carbocycles. The molecule has 0 fully saturated rings. The van der Waals surface area contributed by atoms with Crippen LogP contribution in [0.1, 0.15) is 6.92 Å². The average molecular weight is 122 g/mol. The van der Waals surface area contributed by atoms with Crippen LogP contribution < -0.4 is 0 Å². The molecule has 0 heterocycles.